The summed E-state index contributed by atoms with van der Waals surface area (Å²) in [5.41, 5.74) is 1.28. The number of anilines is 1. The maximum Gasteiger partial charge on any atom is 0.433 e. The van der Waals surface area contributed by atoms with Crippen molar-refractivity contribution in [3.05, 3.63) is 73.0 Å². The Kier molecular flexibility index (Phi) is 5.63. The number of nitrogens with zero attached hydrogens (tertiary/aromatic N) is 6. The van der Waals surface area contributed by atoms with Gasteiger partial charge in [-0.3, -0.25) is 19.7 Å². The third kappa shape index (κ3) is 4.77. The third-order valence-corrected chi connectivity index (χ3v) is 4.53. The van der Waals surface area contributed by atoms with E-state index in [1.807, 2.05) is 0 Å². The first-order valence-electron chi connectivity index (χ1n) is 9.39. The van der Waals surface area contributed by atoms with Crippen molar-refractivity contribution in [2.75, 3.05) is 5.32 Å². The zero-order valence-electron chi connectivity index (χ0n) is 16.7. The summed E-state index contributed by atoms with van der Waals surface area (Å²) in [7, 11) is 0. The zero-order valence-corrected chi connectivity index (χ0v) is 16.7. The van der Waals surface area contributed by atoms with Crippen LogP contribution >= 0.6 is 0 Å². The van der Waals surface area contributed by atoms with Gasteiger partial charge in [0.05, 0.1) is 17.6 Å². The summed E-state index contributed by atoms with van der Waals surface area (Å²) in [5.74, 6) is 0.566. The minimum Gasteiger partial charge on any atom is -0.325 e. The molecular formula is C21H16F3N7O. The number of alkyl halides is 3. The predicted octanol–water partition coefficient (Wildman–Crippen LogP) is 3.76. The number of carbonyl (C=O) groups is 1. The van der Waals surface area contributed by atoms with Crippen molar-refractivity contribution < 1.29 is 18.0 Å². The zero-order chi connectivity index (χ0) is 22.7. The van der Waals surface area contributed by atoms with Crippen molar-refractivity contribution in [2.45, 2.75) is 19.6 Å². The summed E-state index contributed by atoms with van der Waals surface area (Å²) in [5, 5.41) is 2.70. The second-order valence-corrected chi connectivity index (χ2v) is 6.80. The Morgan fingerprint density at radius 1 is 0.969 bits per heavy atom. The summed E-state index contributed by atoms with van der Waals surface area (Å²) in [6.45, 7) is 1.66. The van der Waals surface area contributed by atoms with Crippen LogP contribution < -0.4 is 5.32 Å². The average molecular weight is 439 g/mol. The largest absolute Gasteiger partial charge is 0.433 e. The van der Waals surface area contributed by atoms with Gasteiger partial charge in [-0.1, -0.05) is 0 Å². The van der Waals surface area contributed by atoms with Gasteiger partial charge in [0.15, 0.2) is 0 Å². The second-order valence-electron chi connectivity index (χ2n) is 6.80. The van der Waals surface area contributed by atoms with Crippen molar-refractivity contribution in [2.24, 2.45) is 0 Å². The number of nitrogens with one attached hydrogen (secondary N) is 1. The van der Waals surface area contributed by atoms with E-state index in [0.29, 0.717) is 28.6 Å². The topological polar surface area (TPSA) is 98.5 Å². The molecule has 8 nitrogen and oxygen atoms in total. The molecule has 0 saturated carbocycles. The number of aryl methyl sites for hydroxylation is 1. The molecule has 11 heteroatoms. The van der Waals surface area contributed by atoms with Crippen molar-refractivity contribution in [3.8, 4) is 22.5 Å². The molecule has 0 unspecified atom stereocenters. The summed E-state index contributed by atoms with van der Waals surface area (Å²) in [6.07, 6.45) is 4.53. The fourth-order valence-electron chi connectivity index (χ4n) is 2.93. The summed E-state index contributed by atoms with van der Waals surface area (Å²) < 4.78 is 39.6. The first kappa shape index (κ1) is 21.1. The summed E-state index contributed by atoms with van der Waals surface area (Å²) >= 11 is 0. The minimum absolute atomic E-state index is 0.0412. The Morgan fingerprint density at radius 2 is 1.72 bits per heavy atom. The summed E-state index contributed by atoms with van der Waals surface area (Å²) in [4.78, 5) is 32.6. The van der Waals surface area contributed by atoms with Crippen LogP contribution in [0.5, 0.6) is 0 Å². The van der Waals surface area contributed by atoms with E-state index in [2.05, 4.69) is 30.2 Å². The lowest BCUT2D eigenvalue weighted by atomic mass is 10.2. The number of carbonyl (C=O) groups excluding carboxylic acids is 1. The molecule has 0 saturated heterocycles. The first-order chi connectivity index (χ1) is 15.3. The van der Waals surface area contributed by atoms with Gasteiger partial charge in [-0.05, 0) is 31.2 Å². The van der Waals surface area contributed by atoms with Crippen LogP contribution in [0.25, 0.3) is 22.5 Å². The molecule has 4 heterocycles. The first-order valence-corrected chi connectivity index (χ1v) is 9.39. The number of aromatic nitrogens is 6. The average Bonchev–Trinajstić information content (AvgIpc) is 3.14. The van der Waals surface area contributed by atoms with Gasteiger partial charge in [0.25, 0.3) is 0 Å². The Balaban J connectivity index is 1.42. The van der Waals surface area contributed by atoms with Gasteiger partial charge >= 0.3 is 6.18 Å². The Bertz CT molecular complexity index is 1220. The maximum absolute atomic E-state index is 12.7. The monoisotopic (exact) mass is 439 g/mol. The van der Waals surface area contributed by atoms with E-state index in [4.69, 9.17) is 0 Å². The number of hydrogen-bond acceptors (Lipinski definition) is 6. The molecule has 4 aromatic heterocycles. The quantitative estimate of drug-likeness (QED) is 0.508. The van der Waals surface area contributed by atoms with E-state index >= 15 is 0 Å². The Hall–Kier alpha value is -4.15. The van der Waals surface area contributed by atoms with Crippen LogP contribution in [0.4, 0.5) is 19.0 Å². The fraction of sp³-hybridized carbons (Fsp3) is 0.143. The molecule has 0 radical (unpaired) electrons. The molecule has 0 aromatic carbocycles. The van der Waals surface area contributed by atoms with Crippen LogP contribution in [-0.2, 0) is 17.5 Å². The SMILES string of the molecule is Cc1nc(-c2ccc(C(F)(F)F)nc2)cn1CC(=O)Nc1ccc(-c2cnccn2)cn1. The van der Waals surface area contributed by atoms with Gasteiger partial charge in [0, 0.05) is 42.1 Å². The molecule has 1 amide bonds. The number of halogens is 3. The number of rotatable bonds is 5. The van der Waals surface area contributed by atoms with Crippen LogP contribution in [0.3, 0.4) is 0 Å². The molecule has 0 fully saturated rings. The lowest BCUT2D eigenvalue weighted by Gasteiger charge is -2.07. The molecule has 162 valence electrons. The highest BCUT2D eigenvalue weighted by Gasteiger charge is 2.32. The van der Waals surface area contributed by atoms with E-state index in [1.54, 1.807) is 54.6 Å². The molecule has 1 N–H and O–H groups in total. The molecule has 0 aliphatic heterocycles. The van der Waals surface area contributed by atoms with Gasteiger partial charge in [-0.2, -0.15) is 13.2 Å². The molecule has 32 heavy (non-hydrogen) atoms. The maximum atomic E-state index is 12.7. The van der Waals surface area contributed by atoms with Crippen LogP contribution in [0.1, 0.15) is 11.5 Å². The molecule has 0 atom stereocenters. The van der Waals surface area contributed by atoms with Gasteiger partial charge < -0.3 is 9.88 Å². The highest BCUT2D eigenvalue weighted by atomic mass is 19.4. The number of amides is 1. The highest BCUT2D eigenvalue weighted by Crippen LogP contribution is 2.28. The van der Waals surface area contributed by atoms with Crippen molar-refractivity contribution in [1.82, 2.24) is 29.5 Å². The van der Waals surface area contributed by atoms with Gasteiger partial charge in [-0.15, -0.1) is 0 Å². The van der Waals surface area contributed by atoms with Crippen LogP contribution in [0.2, 0.25) is 0 Å². The molecule has 4 rings (SSSR count). The van der Waals surface area contributed by atoms with Crippen LogP contribution in [0, 0.1) is 6.92 Å². The molecule has 0 aliphatic rings. The second kappa shape index (κ2) is 8.53. The number of imidazole rings is 1. The molecule has 4 aromatic rings. The van der Waals surface area contributed by atoms with Crippen molar-refractivity contribution in [3.63, 3.8) is 0 Å². The Morgan fingerprint density at radius 3 is 2.34 bits per heavy atom. The lowest BCUT2D eigenvalue weighted by molar-refractivity contribution is -0.141. The number of pyridine rings is 2. The smallest absolute Gasteiger partial charge is 0.325 e. The standard InChI is InChI=1S/C21H16F3N7O/c1-13-29-17(15-2-4-18(27-8-15)21(22,23)24)11-31(13)12-20(32)30-19-5-3-14(9-28-19)16-10-25-6-7-26-16/h2-11H,12H2,1H3,(H,28,30,32). The van der Waals surface area contributed by atoms with E-state index in [9.17, 15) is 18.0 Å². The van der Waals surface area contributed by atoms with Gasteiger partial charge in [-0.25, -0.2) is 9.97 Å². The molecular weight excluding hydrogens is 423 g/mol. The lowest BCUT2D eigenvalue weighted by Crippen LogP contribution is -2.19. The highest BCUT2D eigenvalue weighted by molar-refractivity contribution is 5.89. The van der Waals surface area contributed by atoms with Gasteiger partial charge in [0.2, 0.25) is 5.91 Å². The van der Waals surface area contributed by atoms with Crippen molar-refractivity contribution in [1.29, 1.82) is 0 Å². The summed E-state index contributed by atoms with van der Waals surface area (Å²) in [6, 6.07) is 5.62. The number of hydrogen-bond donors (Lipinski definition) is 1. The normalized spacial score (nSPS) is 11.4. The van der Waals surface area contributed by atoms with E-state index in [-0.39, 0.29) is 12.5 Å². The molecule has 0 spiro atoms. The van der Waals surface area contributed by atoms with Gasteiger partial charge in [0.1, 0.15) is 23.9 Å². The predicted molar refractivity (Wildman–Crippen MR) is 109 cm³/mol. The third-order valence-electron chi connectivity index (χ3n) is 4.53. The fourth-order valence-corrected chi connectivity index (χ4v) is 2.93. The minimum atomic E-state index is -4.51. The van der Waals surface area contributed by atoms with E-state index in [1.165, 1.54) is 6.07 Å². The van der Waals surface area contributed by atoms with Crippen LogP contribution in [0.15, 0.2) is 61.4 Å². The molecule has 0 bridgehead atoms. The van der Waals surface area contributed by atoms with E-state index < -0.39 is 11.9 Å². The molecule has 0 aliphatic carbocycles. The van der Waals surface area contributed by atoms with E-state index in [0.717, 1.165) is 17.8 Å². The van der Waals surface area contributed by atoms with Crippen LogP contribution in [-0.4, -0.2) is 35.4 Å². The van der Waals surface area contributed by atoms with Crippen molar-refractivity contribution >= 4 is 11.7 Å². The Labute approximate surface area is 180 Å².